The summed E-state index contributed by atoms with van der Waals surface area (Å²) < 4.78 is 7.25. The van der Waals surface area contributed by atoms with Crippen molar-refractivity contribution < 1.29 is 9.53 Å². The summed E-state index contributed by atoms with van der Waals surface area (Å²) in [5, 5.41) is 12.9. The zero-order chi connectivity index (χ0) is 19.8. The summed E-state index contributed by atoms with van der Waals surface area (Å²) in [6, 6.07) is 1.99. The minimum Gasteiger partial charge on any atom is -0.379 e. The number of anilines is 2. The Morgan fingerprint density at radius 1 is 1.34 bits per heavy atom. The first-order chi connectivity index (χ1) is 14.2. The van der Waals surface area contributed by atoms with Gasteiger partial charge in [-0.2, -0.15) is 9.61 Å². The van der Waals surface area contributed by atoms with Crippen molar-refractivity contribution in [3.63, 3.8) is 0 Å². The van der Waals surface area contributed by atoms with Gasteiger partial charge in [-0.15, -0.1) is 0 Å². The summed E-state index contributed by atoms with van der Waals surface area (Å²) in [5.74, 6) is 2.37. The number of amides is 1. The Morgan fingerprint density at radius 3 is 2.90 bits per heavy atom. The maximum atomic E-state index is 11.7. The van der Waals surface area contributed by atoms with Gasteiger partial charge in [0.1, 0.15) is 11.6 Å². The lowest BCUT2D eigenvalue weighted by atomic mass is 10.1. The van der Waals surface area contributed by atoms with Crippen LogP contribution in [-0.2, 0) is 9.53 Å². The molecule has 3 aliphatic rings. The van der Waals surface area contributed by atoms with Gasteiger partial charge in [0.15, 0.2) is 5.65 Å². The molecule has 29 heavy (non-hydrogen) atoms. The molecule has 0 spiro atoms. The van der Waals surface area contributed by atoms with Crippen molar-refractivity contribution >= 4 is 29.3 Å². The van der Waals surface area contributed by atoms with Gasteiger partial charge < -0.3 is 20.8 Å². The highest BCUT2D eigenvalue weighted by atomic mass is 16.5. The molecule has 1 saturated carbocycles. The van der Waals surface area contributed by atoms with E-state index in [2.05, 4.69) is 32.7 Å². The Labute approximate surface area is 168 Å². The molecule has 5 rings (SSSR count). The predicted molar refractivity (Wildman–Crippen MR) is 110 cm³/mol. The van der Waals surface area contributed by atoms with Crippen molar-refractivity contribution in [2.75, 3.05) is 43.6 Å². The normalized spacial score (nSPS) is 21.7. The third kappa shape index (κ3) is 3.96. The van der Waals surface area contributed by atoms with Crippen molar-refractivity contribution in [3.8, 4) is 0 Å². The molecule has 1 aliphatic carbocycles. The van der Waals surface area contributed by atoms with Crippen molar-refractivity contribution in [3.05, 3.63) is 35.7 Å². The van der Waals surface area contributed by atoms with Crippen LogP contribution >= 0.6 is 0 Å². The smallest absolute Gasteiger partial charge is 0.228 e. The van der Waals surface area contributed by atoms with Gasteiger partial charge in [0, 0.05) is 37.0 Å². The fourth-order valence-corrected chi connectivity index (χ4v) is 3.57. The Hall–Kier alpha value is -2.91. The largest absolute Gasteiger partial charge is 0.379 e. The molecule has 0 bridgehead atoms. The number of hydrogen-bond acceptors (Lipinski definition) is 7. The van der Waals surface area contributed by atoms with Crippen LogP contribution in [0.5, 0.6) is 0 Å². The predicted octanol–water partition coefficient (Wildman–Crippen LogP) is 1.63. The third-order valence-corrected chi connectivity index (χ3v) is 5.41. The van der Waals surface area contributed by atoms with Gasteiger partial charge in [0.05, 0.1) is 25.8 Å². The number of carbonyl (C=O) groups is 1. The van der Waals surface area contributed by atoms with Gasteiger partial charge in [-0.25, -0.2) is 9.99 Å². The van der Waals surface area contributed by atoms with Crippen LogP contribution in [0, 0.1) is 5.92 Å². The van der Waals surface area contributed by atoms with E-state index in [0.29, 0.717) is 25.3 Å². The average molecular weight is 395 g/mol. The maximum absolute atomic E-state index is 11.7. The van der Waals surface area contributed by atoms with Crippen LogP contribution in [-0.4, -0.2) is 58.4 Å². The highest BCUT2D eigenvalue weighted by Gasteiger charge is 2.23. The first-order valence-electron chi connectivity index (χ1n) is 10.1. The Bertz CT molecular complexity index is 986. The monoisotopic (exact) mass is 395 g/mol. The minimum atomic E-state index is -0.0351. The first-order valence-corrected chi connectivity index (χ1v) is 10.1. The summed E-state index contributed by atoms with van der Waals surface area (Å²) in [5.41, 5.74) is 6.50. The third-order valence-electron chi connectivity index (χ3n) is 5.41. The topological polar surface area (TPSA) is 95.8 Å². The molecule has 2 aromatic rings. The maximum Gasteiger partial charge on any atom is 0.228 e. The van der Waals surface area contributed by atoms with Crippen LogP contribution in [0.1, 0.15) is 24.8 Å². The van der Waals surface area contributed by atoms with Gasteiger partial charge in [0.25, 0.3) is 0 Å². The fourth-order valence-electron chi connectivity index (χ4n) is 3.57. The molecule has 9 heteroatoms. The SMILES string of the molecule is C=C1NC(=O)C/C1=C\c1cnn2c(NCC3CC3)cc(NN3CCOCC3)nc12. The van der Waals surface area contributed by atoms with Crippen molar-refractivity contribution in [1.82, 2.24) is 24.9 Å². The van der Waals surface area contributed by atoms with Crippen molar-refractivity contribution in [2.45, 2.75) is 19.3 Å². The van der Waals surface area contributed by atoms with Gasteiger partial charge in [-0.3, -0.25) is 4.79 Å². The van der Waals surface area contributed by atoms with Crippen LogP contribution < -0.4 is 16.1 Å². The highest BCUT2D eigenvalue weighted by molar-refractivity contribution is 5.89. The molecular formula is C20H25N7O2. The number of rotatable bonds is 6. The van der Waals surface area contributed by atoms with E-state index >= 15 is 0 Å². The number of nitrogens with zero attached hydrogens (tertiary/aromatic N) is 4. The number of fused-ring (bicyclic) bond motifs is 1. The Kier molecular flexibility index (Phi) is 4.69. The summed E-state index contributed by atoms with van der Waals surface area (Å²) >= 11 is 0. The lowest BCUT2D eigenvalue weighted by Crippen LogP contribution is -2.40. The number of carbonyl (C=O) groups excluding carboxylic acids is 1. The van der Waals surface area contributed by atoms with Gasteiger partial charge in [0.2, 0.25) is 5.91 Å². The van der Waals surface area contributed by atoms with Crippen LogP contribution in [0.2, 0.25) is 0 Å². The lowest BCUT2D eigenvalue weighted by molar-refractivity contribution is -0.118. The van der Waals surface area contributed by atoms with Crippen LogP contribution in [0.25, 0.3) is 11.7 Å². The Morgan fingerprint density at radius 2 is 2.17 bits per heavy atom. The molecular weight excluding hydrogens is 370 g/mol. The van der Waals surface area contributed by atoms with Crippen molar-refractivity contribution in [1.29, 1.82) is 0 Å². The second kappa shape index (κ2) is 7.49. The molecule has 2 aliphatic heterocycles. The number of aromatic nitrogens is 3. The zero-order valence-corrected chi connectivity index (χ0v) is 16.3. The van der Waals surface area contributed by atoms with Gasteiger partial charge in [-0.05, 0) is 30.4 Å². The summed E-state index contributed by atoms with van der Waals surface area (Å²) in [7, 11) is 0. The van der Waals surface area contributed by atoms with Gasteiger partial charge >= 0.3 is 0 Å². The van der Waals surface area contributed by atoms with E-state index in [-0.39, 0.29) is 5.91 Å². The molecule has 3 fully saturated rings. The molecule has 0 aromatic carbocycles. The average Bonchev–Trinajstić information content (AvgIpc) is 3.38. The number of nitrogens with one attached hydrogen (secondary N) is 3. The van der Waals surface area contributed by atoms with E-state index in [9.17, 15) is 4.79 Å². The number of hydrogen-bond donors (Lipinski definition) is 3. The number of hydrazine groups is 1. The molecule has 1 amide bonds. The molecule has 3 N–H and O–H groups in total. The Balaban J connectivity index is 1.49. The number of allylic oxidation sites excluding steroid dienone is 1. The van der Waals surface area contributed by atoms with Crippen molar-refractivity contribution in [2.24, 2.45) is 5.92 Å². The number of ether oxygens (including phenoxy) is 1. The molecule has 2 aromatic heterocycles. The molecule has 152 valence electrons. The van der Waals surface area contributed by atoms with E-state index < -0.39 is 0 Å². The van der Waals surface area contributed by atoms with Gasteiger partial charge in [-0.1, -0.05) is 6.58 Å². The molecule has 2 saturated heterocycles. The second-order valence-corrected chi connectivity index (χ2v) is 7.77. The van der Waals surface area contributed by atoms with Crippen LogP contribution in [0.4, 0.5) is 11.6 Å². The van der Waals surface area contributed by atoms with E-state index in [4.69, 9.17) is 9.72 Å². The first kappa shape index (κ1) is 18.1. The van der Waals surface area contributed by atoms with E-state index in [0.717, 1.165) is 54.0 Å². The quantitative estimate of drug-likeness (QED) is 0.684. The van der Waals surface area contributed by atoms with E-state index in [1.807, 2.05) is 16.7 Å². The standard InChI is InChI=1S/C20H25N7O2/c1-13-15(9-19(28)23-13)8-16-12-22-27-18(21-11-14-2-3-14)10-17(24-20(16)27)25-26-4-6-29-7-5-26/h8,10,12,14,21H,1-7,9,11H2,(H,23,28)(H,24,25)/b15-8+. The summed E-state index contributed by atoms with van der Waals surface area (Å²) in [6.07, 6.45) is 6.61. The van der Waals surface area contributed by atoms with E-state index in [1.54, 1.807) is 6.20 Å². The number of morpholine rings is 1. The zero-order valence-electron chi connectivity index (χ0n) is 16.3. The fraction of sp³-hybridized carbons (Fsp3) is 0.450. The summed E-state index contributed by atoms with van der Waals surface area (Å²) in [4.78, 5) is 16.5. The molecule has 0 unspecified atom stereocenters. The van der Waals surface area contributed by atoms with Crippen LogP contribution in [0.15, 0.2) is 30.1 Å². The molecule has 4 heterocycles. The summed E-state index contributed by atoms with van der Waals surface area (Å²) in [6.45, 7) is 7.88. The second-order valence-electron chi connectivity index (χ2n) is 7.77. The lowest BCUT2D eigenvalue weighted by Gasteiger charge is -2.27. The molecule has 0 atom stereocenters. The highest BCUT2D eigenvalue weighted by Crippen LogP contribution is 2.30. The molecule has 0 radical (unpaired) electrons. The van der Waals surface area contributed by atoms with Crippen LogP contribution in [0.3, 0.4) is 0 Å². The van der Waals surface area contributed by atoms with E-state index in [1.165, 1.54) is 12.8 Å². The molecule has 9 nitrogen and oxygen atoms in total. The minimum absolute atomic E-state index is 0.0351.